The molecule has 2 rings (SSSR count). The number of carbonyl (C=O) groups is 1. The number of nitro benzene ring substituents is 1. The van der Waals surface area contributed by atoms with E-state index in [1.807, 2.05) is 46.2 Å². The summed E-state index contributed by atoms with van der Waals surface area (Å²) < 4.78 is 0.747. The molecular formula is C13H15IN2O3S. The molecule has 0 aromatic heterocycles. The maximum atomic E-state index is 12.6. The first kappa shape index (κ1) is 15.6. The van der Waals surface area contributed by atoms with Gasteiger partial charge in [-0.15, -0.1) is 0 Å². The van der Waals surface area contributed by atoms with Gasteiger partial charge in [-0.2, -0.15) is 11.8 Å². The lowest BCUT2D eigenvalue weighted by atomic mass is 10.1. The Morgan fingerprint density at radius 1 is 1.50 bits per heavy atom. The quantitative estimate of drug-likeness (QED) is 0.430. The highest BCUT2D eigenvalue weighted by molar-refractivity contribution is 14.1. The normalized spacial score (nSPS) is 22.6. The van der Waals surface area contributed by atoms with Gasteiger partial charge in [0, 0.05) is 39.3 Å². The minimum absolute atomic E-state index is 0.0409. The van der Waals surface area contributed by atoms with Gasteiger partial charge < -0.3 is 4.90 Å². The van der Waals surface area contributed by atoms with Crippen molar-refractivity contribution in [2.75, 3.05) is 12.3 Å². The van der Waals surface area contributed by atoms with Gasteiger partial charge in [0.15, 0.2) is 0 Å². The highest BCUT2D eigenvalue weighted by atomic mass is 127. The van der Waals surface area contributed by atoms with Crippen molar-refractivity contribution in [1.29, 1.82) is 0 Å². The summed E-state index contributed by atoms with van der Waals surface area (Å²) >= 11 is 3.90. The van der Waals surface area contributed by atoms with E-state index in [1.165, 1.54) is 12.1 Å². The molecule has 0 bridgehead atoms. The van der Waals surface area contributed by atoms with Crippen LogP contribution < -0.4 is 0 Å². The lowest BCUT2D eigenvalue weighted by Crippen LogP contribution is -2.48. The first-order chi connectivity index (χ1) is 9.41. The van der Waals surface area contributed by atoms with Crippen LogP contribution in [-0.4, -0.2) is 39.3 Å². The summed E-state index contributed by atoms with van der Waals surface area (Å²) in [6, 6.07) is 4.56. The summed E-state index contributed by atoms with van der Waals surface area (Å²) in [5.41, 5.74) is 0.381. The van der Waals surface area contributed by atoms with Gasteiger partial charge in [-0.3, -0.25) is 14.9 Å². The Kier molecular flexibility index (Phi) is 4.90. The standard InChI is InChI=1S/C13H15IN2O3S/c1-8-9(2)20-6-5-15(8)13(17)11-7-10(16(18)19)3-4-12(11)14/h3-4,7-9H,5-6H2,1-2H3. The fraction of sp³-hybridized carbons (Fsp3) is 0.462. The molecule has 7 heteroatoms. The minimum atomic E-state index is -0.467. The van der Waals surface area contributed by atoms with Crippen LogP contribution in [-0.2, 0) is 0 Å². The molecule has 0 spiro atoms. The second kappa shape index (κ2) is 6.30. The zero-order valence-corrected chi connectivity index (χ0v) is 14.2. The number of hydrogen-bond donors (Lipinski definition) is 0. The van der Waals surface area contributed by atoms with Gasteiger partial charge in [0.05, 0.1) is 10.5 Å². The second-order valence-electron chi connectivity index (χ2n) is 4.74. The lowest BCUT2D eigenvalue weighted by molar-refractivity contribution is -0.384. The van der Waals surface area contributed by atoms with Crippen molar-refractivity contribution < 1.29 is 9.72 Å². The average Bonchev–Trinajstić information content (AvgIpc) is 2.41. The van der Waals surface area contributed by atoms with Gasteiger partial charge in [0.25, 0.3) is 11.6 Å². The van der Waals surface area contributed by atoms with E-state index in [0.29, 0.717) is 17.4 Å². The van der Waals surface area contributed by atoms with E-state index in [4.69, 9.17) is 0 Å². The molecule has 1 amide bonds. The molecule has 2 unspecified atom stereocenters. The van der Waals surface area contributed by atoms with Gasteiger partial charge in [0.1, 0.15) is 0 Å². The summed E-state index contributed by atoms with van der Waals surface area (Å²) in [6.07, 6.45) is 0. The van der Waals surface area contributed by atoms with Gasteiger partial charge in [-0.1, -0.05) is 6.92 Å². The molecular weight excluding hydrogens is 391 g/mol. The zero-order chi connectivity index (χ0) is 14.9. The number of carbonyl (C=O) groups excluding carboxylic acids is 1. The molecule has 20 heavy (non-hydrogen) atoms. The summed E-state index contributed by atoms with van der Waals surface area (Å²) in [7, 11) is 0. The van der Waals surface area contributed by atoms with Crippen LogP contribution in [0.4, 0.5) is 5.69 Å². The number of hydrogen-bond acceptors (Lipinski definition) is 4. The molecule has 1 aliphatic heterocycles. The van der Waals surface area contributed by atoms with E-state index < -0.39 is 4.92 Å². The molecule has 0 N–H and O–H groups in total. The summed E-state index contributed by atoms with van der Waals surface area (Å²) in [4.78, 5) is 24.8. The molecule has 0 aliphatic carbocycles. The fourth-order valence-corrected chi connectivity index (χ4v) is 3.83. The first-order valence-corrected chi connectivity index (χ1v) is 8.41. The second-order valence-corrected chi connectivity index (χ2v) is 7.38. The van der Waals surface area contributed by atoms with Crippen LogP contribution >= 0.6 is 34.4 Å². The van der Waals surface area contributed by atoms with E-state index in [2.05, 4.69) is 6.92 Å². The summed E-state index contributed by atoms with van der Waals surface area (Å²) in [5.74, 6) is 0.792. The Morgan fingerprint density at radius 3 is 2.85 bits per heavy atom. The van der Waals surface area contributed by atoms with Gasteiger partial charge >= 0.3 is 0 Å². The number of thioether (sulfide) groups is 1. The Bertz CT molecular complexity index is 552. The van der Waals surface area contributed by atoms with Gasteiger partial charge in [-0.05, 0) is 35.6 Å². The Morgan fingerprint density at radius 2 is 2.20 bits per heavy atom. The number of benzene rings is 1. The Hall–Kier alpha value is -0.830. The molecule has 1 aromatic rings. The average molecular weight is 406 g/mol. The molecule has 1 saturated heterocycles. The predicted octanol–water partition coefficient (Wildman–Crippen LogP) is 3.17. The molecule has 0 radical (unpaired) electrons. The largest absolute Gasteiger partial charge is 0.334 e. The van der Waals surface area contributed by atoms with Crippen molar-refractivity contribution in [1.82, 2.24) is 4.90 Å². The van der Waals surface area contributed by atoms with Crippen molar-refractivity contribution in [3.63, 3.8) is 0 Å². The Balaban J connectivity index is 2.33. The van der Waals surface area contributed by atoms with Crippen LogP contribution in [0, 0.1) is 13.7 Å². The highest BCUT2D eigenvalue weighted by Gasteiger charge is 2.30. The number of nitro groups is 1. The summed E-state index contributed by atoms with van der Waals surface area (Å²) in [5, 5.41) is 11.2. The van der Waals surface area contributed by atoms with Crippen LogP contribution in [0.15, 0.2) is 18.2 Å². The van der Waals surface area contributed by atoms with Crippen molar-refractivity contribution in [2.24, 2.45) is 0 Å². The van der Waals surface area contributed by atoms with E-state index in [0.717, 1.165) is 9.32 Å². The van der Waals surface area contributed by atoms with Crippen molar-refractivity contribution in [3.05, 3.63) is 37.4 Å². The number of nitrogens with zero attached hydrogens (tertiary/aromatic N) is 2. The lowest BCUT2D eigenvalue weighted by Gasteiger charge is -2.37. The fourth-order valence-electron chi connectivity index (χ4n) is 2.17. The van der Waals surface area contributed by atoms with E-state index in [1.54, 1.807) is 6.07 Å². The third kappa shape index (κ3) is 3.08. The predicted molar refractivity (Wildman–Crippen MR) is 88.2 cm³/mol. The van der Waals surface area contributed by atoms with E-state index >= 15 is 0 Å². The smallest absolute Gasteiger partial charge is 0.270 e. The van der Waals surface area contributed by atoms with E-state index in [9.17, 15) is 14.9 Å². The zero-order valence-electron chi connectivity index (χ0n) is 11.2. The molecule has 1 aliphatic rings. The number of amides is 1. The van der Waals surface area contributed by atoms with Crippen LogP contribution in [0.3, 0.4) is 0 Å². The van der Waals surface area contributed by atoms with Gasteiger partial charge in [-0.25, -0.2) is 0 Å². The van der Waals surface area contributed by atoms with Crippen LogP contribution in [0.25, 0.3) is 0 Å². The molecule has 2 atom stereocenters. The van der Waals surface area contributed by atoms with Crippen molar-refractivity contribution in [2.45, 2.75) is 25.1 Å². The third-order valence-corrected chi connectivity index (χ3v) is 5.81. The Labute approximate surface area is 135 Å². The third-order valence-electron chi connectivity index (χ3n) is 3.54. The van der Waals surface area contributed by atoms with Crippen molar-refractivity contribution >= 4 is 45.9 Å². The number of halogens is 1. The topological polar surface area (TPSA) is 63.5 Å². The first-order valence-electron chi connectivity index (χ1n) is 6.28. The number of non-ortho nitro benzene ring substituents is 1. The maximum absolute atomic E-state index is 12.6. The van der Waals surface area contributed by atoms with Crippen molar-refractivity contribution in [3.8, 4) is 0 Å². The summed E-state index contributed by atoms with van der Waals surface area (Å²) in [6.45, 7) is 4.82. The molecule has 0 saturated carbocycles. The minimum Gasteiger partial charge on any atom is -0.334 e. The maximum Gasteiger partial charge on any atom is 0.270 e. The highest BCUT2D eigenvalue weighted by Crippen LogP contribution is 2.28. The van der Waals surface area contributed by atoms with Crippen LogP contribution in [0.2, 0.25) is 0 Å². The molecule has 1 heterocycles. The SMILES string of the molecule is CC1SCCN(C(=O)c2cc([N+](=O)[O-])ccc2I)C1C. The van der Waals surface area contributed by atoms with Gasteiger partial charge in [0.2, 0.25) is 0 Å². The van der Waals surface area contributed by atoms with Crippen LogP contribution in [0.5, 0.6) is 0 Å². The monoisotopic (exact) mass is 406 g/mol. The molecule has 5 nitrogen and oxygen atoms in total. The van der Waals surface area contributed by atoms with Crippen LogP contribution in [0.1, 0.15) is 24.2 Å². The molecule has 108 valence electrons. The molecule has 1 fully saturated rings. The van der Waals surface area contributed by atoms with E-state index in [-0.39, 0.29) is 17.6 Å². The number of rotatable bonds is 2. The molecule has 1 aromatic carbocycles.